The summed E-state index contributed by atoms with van der Waals surface area (Å²) in [4.78, 5) is 0. The van der Waals surface area contributed by atoms with Gasteiger partial charge in [0.2, 0.25) is 0 Å². The molecule has 108 valence electrons. The van der Waals surface area contributed by atoms with Crippen molar-refractivity contribution in [3.05, 3.63) is 42.5 Å². The molecule has 0 aliphatic rings. The minimum atomic E-state index is 0.456. The van der Waals surface area contributed by atoms with Crippen LogP contribution in [0.2, 0.25) is 0 Å². The molecule has 0 radical (unpaired) electrons. The molecule has 0 aliphatic carbocycles. The van der Waals surface area contributed by atoms with E-state index in [9.17, 15) is 0 Å². The molecule has 0 unspecified atom stereocenters. The number of hydrogen-bond acceptors (Lipinski definition) is 4. The maximum atomic E-state index is 5.44. The van der Waals surface area contributed by atoms with Crippen LogP contribution in [0.3, 0.4) is 0 Å². The van der Waals surface area contributed by atoms with Crippen molar-refractivity contribution in [3.63, 3.8) is 0 Å². The van der Waals surface area contributed by atoms with Gasteiger partial charge in [-0.05, 0) is 29.9 Å². The summed E-state index contributed by atoms with van der Waals surface area (Å²) in [7, 11) is 1.64. The third-order valence-corrected chi connectivity index (χ3v) is 2.43. The summed E-state index contributed by atoms with van der Waals surface area (Å²) in [5.41, 5.74) is 3.65. The predicted molar refractivity (Wildman–Crippen MR) is 85.3 cm³/mol. The van der Waals surface area contributed by atoms with Crippen LogP contribution >= 0.6 is 12.2 Å². The standard InChI is InChI=1S/C14H19N3O2S/c1-3-8-19-13-6-4-5-12(10-13)11-16-17-14(20)15-7-9-18-2/h3-6,10-11H,1,7-9H2,2H3,(H2,15,17,20)/b16-11-. The minimum Gasteiger partial charge on any atom is -0.490 e. The summed E-state index contributed by atoms with van der Waals surface area (Å²) in [5.74, 6) is 0.773. The van der Waals surface area contributed by atoms with Gasteiger partial charge in [0.05, 0.1) is 12.8 Å². The van der Waals surface area contributed by atoms with Gasteiger partial charge < -0.3 is 14.8 Å². The third kappa shape index (κ3) is 6.86. The van der Waals surface area contributed by atoms with Crippen LogP contribution in [0.25, 0.3) is 0 Å². The van der Waals surface area contributed by atoms with E-state index < -0.39 is 0 Å². The van der Waals surface area contributed by atoms with Gasteiger partial charge in [-0.15, -0.1) is 0 Å². The highest BCUT2D eigenvalue weighted by Gasteiger charge is 1.94. The molecule has 6 heteroatoms. The first-order valence-corrected chi connectivity index (χ1v) is 6.56. The molecule has 1 rings (SSSR count). The Balaban J connectivity index is 2.41. The van der Waals surface area contributed by atoms with Crippen molar-refractivity contribution >= 4 is 23.5 Å². The number of nitrogens with one attached hydrogen (secondary N) is 2. The van der Waals surface area contributed by atoms with Crippen molar-refractivity contribution in [2.24, 2.45) is 5.10 Å². The van der Waals surface area contributed by atoms with Gasteiger partial charge in [-0.2, -0.15) is 5.10 Å². The Kier molecular flexibility index (Phi) is 8.02. The molecule has 0 amide bonds. The quantitative estimate of drug-likeness (QED) is 0.251. The van der Waals surface area contributed by atoms with E-state index in [0.29, 0.717) is 24.9 Å². The molecule has 0 aliphatic heterocycles. The van der Waals surface area contributed by atoms with Gasteiger partial charge >= 0.3 is 0 Å². The number of nitrogens with zero attached hydrogens (tertiary/aromatic N) is 1. The molecule has 1 aromatic carbocycles. The summed E-state index contributed by atoms with van der Waals surface area (Å²) in [5, 5.41) is 7.46. The number of hydrazone groups is 1. The first-order valence-electron chi connectivity index (χ1n) is 6.16. The van der Waals surface area contributed by atoms with Gasteiger partial charge in [-0.1, -0.05) is 24.8 Å². The van der Waals surface area contributed by atoms with Crippen LogP contribution in [0.5, 0.6) is 5.75 Å². The normalized spacial score (nSPS) is 10.2. The first kappa shape index (κ1) is 16.1. The lowest BCUT2D eigenvalue weighted by Crippen LogP contribution is -2.34. The molecule has 2 N–H and O–H groups in total. The summed E-state index contributed by atoms with van der Waals surface area (Å²) in [6.07, 6.45) is 3.37. The van der Waals surface area contributed by atoms with E-state index in [1.165, 1.54) is 0 Å². The number of ether oxygens (including phenoxy) is 2. The molecule has 20 heavy (non-hydrogen) atoms. The van der Waals surface area contributed by atoms with E-state index in [2.05, 4.69) is 22.4 Å². The van der Waals surface area contributed by atoms with Crippen LogP contribution in [-0.4, -0.2) is 38.2 Å². The van der Waals surface area contributed by atoms with E-state index in [-0.39, 0.29) is 0 Å². The fourth-order valence-corrected chi connectivity index (χ4v) is 1.47. The number of hydrogen-bond donors (Lipinski definition) is 2. The molecule has 0 bridgehead atoms. The SMILES string of the molecule is C=CCOc1cccc(/C=N\NC(=S)NCCOC)c1. The van der Waals surface area contributed by atoms with Gasteiger partial charge in [0.1, 0.15) is 12.4 Å². The second-order valence-electron chi connectivity index (χ2n) is 3.79. The smallest absolute Gasteiger partial charge is 0.187 e. The Hall–Kier alpha value is -1.92. The average Bonchev–Trinajstić information content (AvgIpc) is 2.46. The lowest BCUT2D eigenvalue weighted by molar-refractivity contribution is 0.204. The minimum absolute atomic E-state index is 0.456. The molecule has 0 heterocycles. The largest absolute Gasteiger partial charge is 0.490 e. The molecule has 0 saturated heterocycles. The lowest BCUT2D eigenvalue weighted by atomic mass is 10.2. The van der Waals surface area contributed by atoms with E-state index >= 15 is 0 Å². The first-order chi connectivity index (χ1) is 9.76. The second-order valence-corrected chi connectivity index (χ2v) is 4.20. The monoisotopic (exact) mass is 293 g/mol. The van der Waals surface area contributed by atoms with Crippen molar-refractivity contribution < 1.29 is 9.47 Å². The van der Waals surface area contributed by atoms with Crippen LogP contribution in [0.4, 0.5) is 0 Å². The highest BCUT2D eigenvalue weighted by atomic mass is 32.1. The van der Waals surface area contributed by atoms with E-state index in [1.807, 2.05) is 24.3 Å². The van der Waals surface area contributed by atoms with Crippen LogP contribution in [0, 0.1) is 0 Å². The molecule has 5 nitrogen and oxygen atoms in total. The van der Waals surface area contributed by atoms with Crippen molar-refractivity contribution in [1.29, 1.82) is 0 Å². The van der Waals surface area contributed by atoms with Crippen LogP contribution in [-0.2, 0) is 4.74 Å². The number of benzene rings is 1. The zero-order valence-electron chi connectivity index (χ0n) is 11.5. The molecule has 1 aromatic rings. The molecule has 0 aromatic heterocycles. The Morgan fingerprint density at radius 3 is 3.10 bits per heavy atom. The molecule has 0 fully saturated rings. The van der Waals surface area contributed by atoms with Crippen molar-refractivity contribution in [1.82, 2.24) is 10.7 Å². The van der Waals surface area contributed by atoms with Crippen molar-refractivity contribution in [2.75, 3.05) is 26.9 Å². The summed E-state index contributed by atoms with van der Waals surface area (Å²) in [6, 6.07) is 7.59. The van der Waals surface area contributed by atoms with Gasteiger partial charge in [0.25, 0.3) is 0 Å². The Morgan fingerprint density at radius 1 is 1.50 bits per heavy atom. The van der Waals surface area contributed by atoms with Gasteiger partial charge in [0.15, 0.2) is 5.11 Å². The summed E-state index contributed by atoms with van der Waals surface area (Å²) >= 11 is 5.04. The van der Waals surface area contributed by atoms with Crippen LogP contribution in [0.1, 0.15) is 5.56 Å². The number of rotatable bonds is 8. The average molecular weight is 293 g/mol. The molecular weight excluding hydrogens is 274 g/mol. The fraction of sp³-hybridized carbons (Fsp3) is 0.286. The highest BCUT2D eigenvalue weighted by Crippen LogP contribution is 2.11. The van der Waals surface area contributed by atoms with Gasteiger partial charge in [-0.25, -0.2) is 0 Å². The Labute approximate surface area is 124 Å². The molecule has 0 saturated carbocycles. The van der Waals surface area contributed by atoms with Crippen molar-refractivity contribution in [2.45, 2.75) is 0 Å². The van der Waals surface area contributed by atoms with E-state index in [4.69, 9.17) is 21.7 Å². The molecule has 0 spiro atoms. The van der Waals surface area contributed by atoms with E-state index in [1.54, 1.807) is 19.4 Å². The van der Waals surface area contributed by atoms with Gasteiger partial charge in [-0.3, -0.25) is 5.43 Å². The highest BCUT2D eigenvalue weighted by molar-refractivity contribution is 7.80. The van der Waals surface area contributed by atoms with Gasteiger partial charge in [0, 0.05) is 13.7 Å². The Morgan fingerprint density at radius 2 is 2.35 bits per heavy atom. The second kappa shape index (κ2) is 9.94. The predicted octanol–water partition coefficient (Wildman–Crippen LogP) is 1.70. The lowest BCUT2D eigenvalue weighted by Gasteiger charge is -2.06. The number of thiocarbonyl (C=S) groups is 1. The Bertz CT molecular complexity index is 463. The molecule has 0 atom stereocenters. The zero-order valence-corrected chi connectivity index (χ0v) is 12.3. The molecular formula is C14H19N3O2S. The summed E-state index contributed by atoms with van der Waals surface area (Å²) < 4.78 is 10.3. The zero-order chi connectivity index (χ0) is 14.6. The van der Waals surface area contributed by atoms with E-state index in [0.717, 1.165) is 11.3 Å². The maximum absolute atomic E-state index is 5.44. The number of methoxy groups -OCH3 is 1. The van der Waals surface area contributed by atoms with Crippen LogP contribution < -0.4 is 15.5 Å². The summed E-state index contributed by atoms with van der Waals surface area (Å²) in [6.45, 7) is 5.32. The third-order valence-electron chi connectivity index (χ3n) is 2.20. The van der Waals surface area contributed by atoms with Crippen LogP contribution in [0.15, 0.2) is 42.0 Å². The topological polar surface area (TPSA) is 54.9 Å². The van der Waals surface area contributed by atoms with Crippen molar-refractivity contribution in [3.8, 4) is 5.75 Å². The maximum Gasteiger partial charge on any atom is 0.187 e. The fourth-order valence-electron chi connectivity index (χ4n) is 1.31.